The topological polar surface area (TPSA) is 66.8 Å². The van der Waals surface area contributed by atoms with E-state index >= 15 is 0 Å². The van der Waals surface area contributed by atoms with Crippen molar-refractivity contribution in [2.24, 2.45) is 0 Å². The first kappa shape index (κ1) is 22.8. The zero-order chi connectivity index (χ0) is 15.7. The maximum Gasteiger partial charge on any atom is 0.302 e. The number of aliphatic hydroxyl groups is 2. The van der Waals surface area contributed by atoms with E-state index in [1.807, 2.05) is 18.2 Å². The van der Waals surface area contributed by atoms with Gasteiger partial charge in [0, 0.05) is 20.1 Å². The molecule has 0 atom stereocenters. The minimum Gasteiger partial charge on any atom is -0.466 e. The van der Waals surface area contributed by atoms with E-state index in [2.05, 4.69) is 23.8 Å². The van der Waals surface area contributed by atoms with Gasteiger partial charge in [-0.2, -0.15) is 0 Å². The molecule has 1 rings (SSSR count). The maximum absolute atomic E-state index is 9.82. The molecule has 0 aliphatic carbocycles. The predicted octanol–water partition coefficient (Wildman–Crippen LogP) is 2.56. The highest BCUT2D eigenvalue weighted by atomic mass is 16.5. The number of hydrogen-bond donors (Lipinski definition) is 2. The van der Waals surface area contributed by atoms with Crippen LogP contribution in [0.4, 0.5) is 0 Å². The molecule has 1 aromatic carbocycles. The van der Waals surface area contributed by atoms with Crippen LogP contribution >= 0.6 is 0 Å². The van der Waals surface area contributed by atoms with Gasteiger partial charge in [-0.15, -0.1) is 0 Å². The smallest absolute Gasteiger partial charge is 0.302 e. The standard InChI is InChI=1S/C7H8.C4H8O2.C3H8O.CH4O/c1-7-5-3-2-4-6-7;1-3-6-4(2)5;1-3(2)4;1-2/h2-6H,1H3;3H2,1-2H3;3-4H,1-2H3;2H,1H3. The van der Waals surface area contributed by atoms with E-state index in [1.54, 1.807) is 20.8 Å². The average molecular weight is 272 g/mol. The van der Waals surface area contributed by atoms with Gasteiger partial charge in [0.05, 0.1) is 6.61 Å². The van der Waals surface area contributed by atoms with Crippen LogP contribution in [-0.4, -0.2) is 36.0 Å². The summed E-state index contributed by atoms with van der Waals surface area (Å²) in [6, 6.07) is 10.3. The van der Waals surface area contributed by atoms with Gasteiger partial charge in [-0.25, -0.2) is 0 Å². The van der Waals surface area contributed by atoms with E-state index in [0.29, 0.717) is 6.61 Å². The van der Waals surface area contributed by atoms with E-state index in [-0.39, 0.29) is 12.1 Å². The lowest BCUT2D eigenvalue weighted by atomic mass is 10.2. The Morgan fingerprint density at radius 2 is 1.58 bits per heavy atom. The van der Waals surface area contributed by atoms with Gasteiger partial charge in [-0.3, -0.25) is 4.79 Å². The second-order valence-electron chi connectivity index (χ2n) is 3.67. The third-order valence-corrected chi connectivity index (χ3v) is 1.29. The Morgan fingerprint density at radius 3 is 1.68 bits per heavy atom. The molecular formula is C15H28O4. The molecular weight excluding hydrogens is 244 g/mol. The van der Waals surface area contributed by atoms with Crippen molar-refractivity contribution in [3.05, 3.63) is 35.9 Å². The van der Waals surface area contributed by atoms with Crippen molar-refractivity contribution < 1.29 is 19.7 Å². The second kappa shape index (κ2) is 19.0. The van der Waals surface area contributed by atoms with Gasteiger partial charge >= 0.3 is 5.97 Å². The number of rotatable bonds is 1. The van der Waals surface area contributed by atoms with E-state index in [4.69, 9.17) is 10.2 Å². The number of benzene rings is 1. The highest BCUT2D eigenvalue weighted by Crippen LogP contribution is 1.92. The number of hydrogen-bond acceptors (Lipinski definition) is 4. The van der Waals surface area contributed by atoms with E-state index in [9.17, 15) is 4.79 Å². The molecule has 4 nitrogen and oxygen atoms in total. The molecule has 0 radical (unpaired) electrons. The maximum atomic E-state index is 9.82. The van der Waals surface area contributed by atoms with Crippen molar-refractivity contribution in [3.63, 3.8) is 0 Å². The molecule has 2 N–H and O–H groups in total. The average Bonchev–Trinajstić information content (AvgIpc) is 2.32. The molecule has 0 unspecified atom stereocenters. The van der Waals surface area contributed by atoms with Gasteiger partial charge in [0.2, 0.25) is 0 Å². The molecule has 112 valence electrons. The molecule has 0 fully saturated rings. The minimum atomic E-state index is -0.211. The number of carbonyl (C=O) groups is 1. The third-order valence-electron chi connectivity index (χ3n) is 1.29. The largest absolute Gasteiger partial charge is 0.466 e. The monoisotopic (exact) mass is 272 g/mol. The Bertz CT molecular complexity index is 268. The summed E-state index contributed by atoms with van der Waals surface area (Å²) in [5, 5.41) is 15.1. The summed E-state index contributed by atoms with van der Waals surface area (Å²) < 4.78 is 4.40. The summed E-state index contributed by atoms with van der Waals surface area (Å²) >= 11 is 0. The highest BCUT2D eigenvalue weighted by Gasteiger charge is 1.81. The van der Waals surface area contributed by atoms with Gasteiger partial charge in [-0.05, 0) is 27.7 Å². The lowest BCUT2D eigenvalue weighted by molar-refractivity contribution is -0.140. The van der Waals surface area contributed by atoms with Gasteiger partial charge in [0.25, 0.3) is 0 Å². The molecule has 1 aromatic rings. The number of aliphatic hydroxyl groups excluding tert-OH is 2. The summed E-state index contributed by atoms with van der Waals surface area (Å²) in [5.41, 5.74) is 1.32. The molecule has 0 aliphatic rings. The SMILES string of the molecule is CC(C)O.CCOC(C)=O.CO.Cc1ccccc1. The minimum absolute atomic E-state index is 0.167. The van der Waals surface area contributed by atoms with E-state index in [1.165, 1.54) is 12.5 Å². The van der Waals surface area contributed by atoms with Crippen molar-refractivity contribution >= 4 is 5.97 Å². The third kappa shape index (κ3) is 38.4. The van der Waals surface area contributed by atoms with Crippen LogP contribution in [-0.2, 0) is 9.53 Å². The zero-order valence-electron chi connectivity index (χ0n) is 12.9. The molecule has 0 aromatic heterocycles. The van der Waals surface area contributed by atoms with E-state index in [0.717, 1.165) is 7.11 Å². The summed E-state index contributed by atoms with van der Waals surface area (Å²) in [6.45, 7) is 9.18. The van der Waals surface area contributed by atoms with Gasteiger partial charge in [-0.1, -0.05) is 35.9 Å². The summed E-state index contributed by atoms with van der Waals surface area (Å²) in [7, 11) is 1.00. The molecule has 0 bridgehead atoms. The van der Waals surface area contributed by atoms with Crippen LogP contribution in [0.2, 0.25) is 0 Å². The van der Waals surface area contributed by atoms with Crippen LogP contribution in [0.3, 0.4) is 0 Å². The number of carbonyl (C=O) groups excluding carboxylic acids is 1. The lowest BCUT2D eigenvalue weighted by Crippen LogP contribution is -1.95. The highest BCUT2D eigenvalue weighted by molar-refractivity contribution is 5.65. The van der Waals surface area contributed by atoms with Gasteiger partial charge in [0.15, 0.2) is 0 Å². The molecule has 0 saturated carbocycles. The molecule has 0 aliphatic heterocycles. The second-order valence-corrected chi connectivity index (χ2v) is 3.67. The first-order valence-electron chi connectivity index (χ1n) is 6.17. The summed E-state index contributed by atoms with van der Waals surface area (Å²) in [6.07, 6.45) is -0.167. The Morgan fingerprint density at radius 1 is 1.21 bits per heavy atom. The van der Waals surface area contributed by atoms with Crippen LogP contribution in [0.15, 0.2) is 30.3 Å². The quantitative estimate of drug-likeness (QED) is 0.771. The lowest BCUT2D eigenvalue weighted by Gasteiger charge is -1.89. The molecule has 0 spiro atoms. The number of esters is 1. The van der Waals surface area contributed by atoms with Crippen LogP contribution in [0.1, 0.15) is 33.3 Å². The molecule has 0 heterocycles. The van der Waals surface area contributed by atoms with Crippen molar-refractivity contribution in [3.8, 4) is 0 Å². The van der Waals surface area contributed by atoms with Crippen LogP contribution < -0.4 is 0 Å². The molecule has 0 amide bonds. The fourth-order valence-electron chi connectivity index (χ4n) is 0.738. The summed E-state index contributed by atoms with van der Waals surface area (Å²) in [5.74, 6) is -0.211. The molecule has 19 heavy (non-hydrogen) atoms. The predicted molar refractivity (Wildman–Crippen MR) is 79.0 cm³/mol. The number of aryl methyl sites for hydroxylation is 1. The Labute approximate surface area is 117 Å². The zero-order valence-corrected chi connectivity index (χ0v) is 12.9. The summed E-state index contributed by atoms with van der Waals surface area (Å²) in [4.78, 5) is 9.82. The van der Waals surface area contributed by atoms with Crippen molar-refractivity contribution in [1.82, 2.24) is 0 Å². The van der Waals surface area contributed by atoms with E-state index < -0.39 is 0 Å². The fourth-order valence-corrected chi connectivity index (χ4v) is 0.738. The van der Waals surface area contributed by atoms with Crippen molar-refractivity contribution in [1.29, 1.82) is 0 Å². The molecule has 4 heteroatoms. The van der Waals surface area contributed by atoms with Crippen molar-refractivity contribution in [2.45, 2.75) is 40.7 Å². The number of ether oxygens (including phenoxy) is 1. The Hall–Kier alpha value is -1.39. The van der Waals surface area contributed by atoms with Gasteiger partial charge in [0.1, 0.15) is 0 Å². The first-order chi connectivity index (χ1) is 8.90. The van der Waals surface area contributed by atoms with Crippen LogP contribution in [0.25, 0.3) is 0 Å². The first-order valence-corrected chi connectivity index (χ1v) is 6.17. The molecule has 0 saturated heterocycles. The Balaban J connectivity index is -0.000000196. The van der Waals surface area contributed by atoms with Gasteiger partial charge < -0.3 is 14.9 Å². The van der Waals surface area contributed by atoms with Crippen molar-refractivity contribution in [2.75, 3.05) is 13.7 Å². The van der Waals surface area contributed by atoms with Crippen LogP contribution in [0, 0.1) is 6.92 Å². The normalized spacial score (nSPS) is 7.84. The van der Waals surface area contributed by atoms with Crippen LogP contribution in [0.5, 0.6) is 0 Å². The Kier molecular flexibility index (Phi) is 22.7. The fraction of sp³-hybridized carbons (Fsp3) is 0.533.